The van der Waals surface area contributed by atoms with Crippen LogP contribution in [0.25, 0.3) is 0 Å². The number of hydrogen-bond acceptors (Lipinski definition) is 4. The zero-order valence-corrected chi connectivity index (χ0v) is 18.8. The number of pyridine rings is 1. The molecule has 0 atom stereocenters. The van der Waals surface area contributed by atoms with Crippen molar-refractivity contribution in [2.75, 3.05) is 5.32 Å². The molecule has 1 aromatic heterocycles. The molecule has 0 saturated carbocycles. The Labute approximate surface area is 200 Å². The largest absolute Gasteiger partial charge is 0.434 e. The summed E-state index contributed by atoms with van der Waals surface area (Å²) in [6.07, 6.45) is -4.08. The molecule has 3 rings (SSSR count). The highest BCUT2D eigenvalue weighted by molar-refractivity contribution is 6.38. The topological polar surface area (TPSA) is 80.3 Å². The lowest BCUT2D eigenvalue weighted by Gasteiger charge is -2.14. The van der Waals surface area contributed by atoms with Crippen molar-refractivity contribution in [3.8, 4) is 11.6 Å². The second-order valence-electron chi connectivity index (χ2n) is 6.60. The highest BCUT2D eigenvalue weighted by Crippen LogP contribution is 2.41. The second-order valence-corrected chi connectivity index (χ2v) is 7.82. The van der Waals surface area contributed by atoms with E-state index >= 15 is 0 Å². The van der Waals surface area contributed by atoms with Gasteiger partial charge >= 0.3 is 12.2 Å². The van der Waals surface area contributed by atoms with Gasteiger partial charge in [-0.2, -0.15) is 13.2 Å². The molecule has 172 valence electrons. The van der Waals surface area contributed by atoms with E-state index in [1.807, 2.05) is 0 Å². The lowest BCUT2D eigenvalue weighted by molar-refractivity contribution is -0.137. The zero-order valence-electron chi connectivity index (χ0n) is 16.6. The monoisotopic (exact) mass is 517 g/mol. The Kier molecular flexibility index (Phi) is 7.36. The minimum atomic E-state index is -4.63. The number of imide groups is 1. The smallest absolute Gasteiger partial charge is 0.417 e. The third-order valence-corrected chi connectivity index (χ3v) is 5.04. The predicted octanol–water partition coefficient (Wildman–Crippen LogP) is 7.12. The predicted molar refractivity (Wildman–Crippen MR) is 118 cm³/mol. The SMILES string of the molecule is Cc1ccccc1C(=O)NC(=O)Nc1cc(Cl)c(Oc2ncc(C(F)(F)F)cc2Cl)c(Cl)c1. The Morgan fingerprint density at radius 2 is 1.64 bits per heavy atom. The van der Waals surface area contributed by atoms with Crippen molar-refractivity contribution in [1.29, 1.82) is 0 Å². The number of aromatic nitrogens is 1. The maximum Gasteiger partial charge on any atom is 0.417 e. The Hall–Kier alpha value is -3.01. The maximum absolute atomic E-state index is 12.8. The Balaban J connectivity index is 1.73. The molecule has 0 aliphatic carbocycles. The number of alkyl halides is 3. The summed E-state index contributed by atoms with van der Waals surface area (Å²) >= 11 is 18.1. The summed E-state index contributed by atoms with van der Waals surface area (Å²) in [4.78, 5) is 28.0. The Morgan fingerprint density at radius 1 is 1.00 bits per heavy atom. The highest BCUT2D eigenvalue weighted by atomic mass is 35.5. The first-order chi connectivity index (χ1) is 15.5. The molecule has 0 bridgehead atoms. The van der Waals surface area contributed by atoms with Crippen molar-refractivity contribution in [2.24, 2.45) is 0 Å². The molecule has 0 aliphatic rings. The summed E-state index contributed by atoms with van der Waals surface area (Å²) in [5.74, 6) is -1.10. The molecule has 0 radical (unpaired) electrons. The summed E-state index contributed by atoms with van der Waals surface area (Å²) < 4.78 is 43.6. The van der Waals surface area contributed by atoms with E-state index in [9.17, 15) is 22.8 Å². The van der Waals surface area contributed by atoms with Crippen LogP contribution in [0.3, 0.4) is 0 Å². The molecule has 12 heteroatoms. The van der Waals surface area contributed by atoms with Crippen LogP contribution < -0.4 is 15.4 Å². The number of carbonyl (C=O) groups excluding carboxylic acids is 2. The Morgan fingerprint density at radius 3 is 2.21 bits per heavy atom. The summed E-state index contributed by atoms with van der Waals surface area (Å²) in [6, 6.07) is 9.05. The minimum absolute atomic E-state index is 0.0965. The number of anilines is 1. The third kappa shape index (κ3) is 6.07. The number of amides is 3. The van der Waals surface area contributed by atoms with Crippen molar-refractivity contribution < 1.29 is 27.5 Å². The van der Waals surface area contributed by atoms with Gasteiger partial charge in [0.1, 0.15) is 5.02 Å². The van der Waals surface area contributed by atoms with Gasteiger partial charge in [-0.3, -0.25) is 10.1 Å². The number of urea groups is 1. The maximum atomic E-state index is 12.8. The van der Waals surface area contributed by atoms with E-state index in [0.717, 1.165) is 0 Å². The standard InChI is InChI=1S/C21H13Cl3F3N3O3/c1-10-4-2-3-5-13(10)18(31)30-20(32)29-12-7-14(22)17(15(23)8-12)33-19-16(24)6-11(9-28-19)21(25,26)27/h2-9H,1H3,(H2,29,30,31,32). The first-order valence-electron chi connectivity index (χ1n) is 9.03. The quantitative estimate of drug-likeness (QED) is 0.385. The van der Waals surface area contributed by atoms with Crippen LogP contribution in [-0.2, 0) is 6.18 Å². The van der Waals surface area contributed by atoms with E-state index in [0.29, 0.717) is 23.4 Å². The molecular weight excluding hydrogens is 506 g/mol. The number of hydrogen-bond donors (Lipinski definition) is 2. The molecule has 1 heterocycles. The number of benzene rings is 2. The number of carbonyl (C=O) groups is 2. The summed E-state index contributed by atoms with van der Waals surface area (Å²) in [7, 11) is 0. The third-order valence-electron chi connectivity index (χ3n) is 4.21. The minimum Gasteiger partial charge on any atom is -0.434 e. The average molecular weight is 519 g/mol. The molecule has 33 heavy (non-hydrogen) atoms. The fourth-order valence-electron chi connectivity index (χ4n) is 2.64. The molecular formula is C21H13Cl3F3N3O3. The molecule has 0 unspecified atom stereocenters. The normalized spacial score (nSPS) is 11.1. The number of nitrogens with one attached hydrogen (secondary N) is 2. The van der Waals surface area contributed by atoms with Gasteiger partial charge in [0.2, 0.25) is 5.88 Å². The molecule has 0 fully saturated rings. The zero-order chi connectivity index (χ0) is 24.3. The van der Waals surface area contributed by atoms with Crippen LogP contribution in [0.15, 0.2) is 48.7 Å². The van der Waals surface area contributed by atoms with Gasteiger partial charge in [0.15, 0.2) is 5.75 Å². The Bertz CT molecular complexity index is 1210. The van der Waals surface area contributed by atoms with E-state index in [2.05, 4.69) is 15.6 Å². The first kappa shape index (κ1) is 24.6. The number of rotatable bonds is 4. The van der Waals surface area contributed by atoms with E-state index in [-0.39, 0.29) is 27.4 Å². The van der Waals surface area contributed by atoms with Crippen LogP contribution in [0.2, 0.25) is 15.1 Å². The molecule has 0 spiro atoms. The van der Waals surface area contributed by atoms with Crippen LogP contribution in [0, 0.1) is 6.92 Å². The fourth-order valence-corrected chi connectivity index (χ4v) is 3.41. The van der Waals surface area contributed by atoms with Crippen molar-refractivity contribution in [3.63, 3.8) is 0 Å². The summed E-state index contributed by atoms with van der Waals surface area (Å²) in [5.41, 5.74) is 0.0843. The highest BCUT2D eigenvalue weighted by Gasteiger charge is 2.32. The van der Waals surface area contributed by atoms with E-state index in [1.54, 1.807) is 31.2 Å². The number of aryl methyl sites for hydroxylation is 1. The van der Waals surface area contributed by atoms with Gasteiger partial charge in [-0.25, -0.2) is 9.78 Å². The van der Waals surface area contributed by atoms with Gasteiger partial charge < -0.3 is 10.1 Å². The van der Waals surface area contributed by atoms with Gasteiger partial charge in [-0.05, 0) is 36.8 Å². The van der Waals surface area contributed by atoms with Gasteiger partial charge in [0.25, 0.3) is 5.91 Å². The molecule has 0 aliphatic heterocycles. The molecule has 2 aromatic carbocycles. The van der Waals surface area contributed by atoms with Crippen LogP contribution in [0.1, 0.15) is 21.5 Å². The number of nitrogens with zero attached hydrogens (tertiary/aromatic N) is 1. The molecule has 3 amide bonds. The van der Waals surface area contributed by atoms with E-state index in [1.165, 1.54) is 12.1 Å². The summed E-state index contributed by atoms with van der Waals surface area (Å²) in [5, 5.41) is 3.98. The van der Waals surface area contributed by atoms with Gasteiger partial charge in [-0.15, -0.1) is 0 Å². The van der Waals surface area contributed by atoms with E-state index < -0.39 is 28.7 Å². The number of ether oxygens (including phenoxy) is 1. The van der Waals surface area contributed by atoms with Gasteiger partial charge in [0.05, 0.1) is 15.6 Å². The van der Waals surface area contributed by atoms with Crippen molar-refractivity contribution in [3.05, 3.63) is 80.4 Å². The molecule has 2 N–H and O–H groups in total. The van der Waals surface area contributed by atoms with Crippen molar-refractivity contribution in [2.45, 2.75) is 13.1 Å². The van der Waals surface area contributed by atoms with Crippen molar-refractivity contribution >= 4 is 52.4 Å². The molecule has 6 nitrogen and oxygen atoms in total. The lowest BCUT2D eigenvalue weighted by atomic mass is 10.1. The van der Waals surface area contributed by atoms with Crippen LogP contribution in [0.5, 0.6) is 11.6 Å². The average Bonchev–Trinajstić information content (AvgIpc) is 2.71. The van der Waals surface area contributed by atoms with E-state index in [4.69, 9.17) is 39.5 Å². The van der Waals surface area contributed by atoms with Gasteiger partial charge in [-0.1, -0.05) is 53.0 Å². The van der Waals surface area contributed by atoms with Crippen molar-refractivity contribution in [1.82, 2.24) is 10.3 Å². The summed E-state index contributed by atoms with van der Waals surface area (Å²) in [6.45, 7) is 1.73. The lowest BCUT2D eigenvalue weighted by Crippen LogP contribution is -2.34. The van der Waals surface area contributed by atoms with Crippen LogP contribution in [0.4, 0.5) is 23.7 Å². The van der Waals surface area contributed by atoms with Crippen LogP contribution >= 0.6 is 34.8 Å². The van der Waals surface area contributed by atoms with Gasteiger partial charge in [0, 0.05) is 17.4 Å². The molecule has 3 aromatic rings. The fraction of sp³-hybridized carbons (Fsp3) is 0.0952. The number of halogens is 6. The first-order valence-corrected chi connectivity index (χ1v) is 10.2. The molecule has 0 saturated heterocycles. The van der Waals surface area contributed by atoms with Crippen LogP contribution in [-0.4, -0.2) is 16.9 Å². The second kappa shape index (κ2) is 9.86.